The average Bonchev–Trinajstić information content (AvgIpc) is 2.78. The van der Waals surface area contributed by atoms with Crippen molar-refractivity contribution in [3.05, 3.63) is 47.0 Å². The van der Waals surface area contributed by atoms with Crippen LogP contribution in [0.1, 0.15) is 29.9 Å². The second-order valence-corrected chi connectivity index (χ2v) is 4.19. The number of benzene rings is 1. The summed E-state index contributed by atoms with van der Waals surface area (Å²) >= 11 is 0. The molecular weight excluding hydrogens is 200 g/mol. The van der Waals surface area contributed by atoms with Crippen LogP contribution in [0.25, 0.3) is 0 Å². The summed E-state index contributed by atoms with van der Waals surface area (Å²) in [6.45, 7) is 2.06. The van der Waals surface area contributed by atoms with Crippen LogP contribution in [-0.4, -0.2) is 13.1 Å². The zero-order valence-corrected chi connectivity index (χ0v) is 9.69. The molecule has 1 aliphatic rings. The van der Waals surface area contributed by atoms with Gasteiger partial charge in [-0.25, -0.2) is 4.79 Å². The van der Waals surface area contributed by atoms with Crippen molar-refractivity contribution in [2.75, 3.05) is 7.11 Å². The minimum atomic E-state index is -0.192. The molecule has 0 bridgehead atoms. The number of hydrogen-bond acceptors (Lipinski definition) is 2. The lowest BCUT2D eigenvalue weighted by molar-refractivity contribution is -0.136. The first-order valence-corrected chi connectivity index (χ1v) is 5.57. The predicted octanol–water partition coefficient (Wildman–Crippen LogP) is 2.97. The molecule has 1 aromatic carbocycles. The molecule has 1 unspecified atom stereocenters. The van der Waals surface area contributed by atoms with Crippen molar-refractivity contribution >= 4 is 5.97 Å². The SMILES string of the molecule is COC(=O)C1=CCCC1c1ccc(C)cc1. The fourth-order valence-corrected chi connectivity index (χ4v) is 2.19. The molecule has 1 aromatic rings. The molecule has 0 saturated carbocycles. The lowest BCUT2D eigenvalue weighted by Crippen LogP contribution is -2.10. The van der Waals surface area contributed by atoms with Crippen LogP contribution in [0.4, 0.5) is 0 Å². The van der Waals surface area contributed by atoms with Crippen LogP contribution in [0.15, 0.2) is 35.9 Å². The maximum Gasteiger partial charge on any atom is 0.334 e. The second-order valence-electron chi connectivity index (χ2n) is 4.19. The molecule has 0 radical (unpaired) electrons. The number of allylic oxidation sites excluding steroid dienone is 1. The van der Waals surface area contributed by atoms with Gasteiger partial charge in [-0.1, -0.05) is 35.9 Å². The van der Waals surface area contributed by atoms with Crippen LogP contribution >= 0.6 is 0 Å². The molecule has 0 heterocycles. The molecule has 0 aliphatic heterocycles. The Balaban J connectivity index is 2.25. The molecule has 16 heavy (non-hydrogen) atoms. The average molecular weight is 216 g/mol. The molecule has 0 saturated heterocycles. The van der Waals surface area contributed by atoms with Gasteiger partial charge in [0.15, 0.2) is 0 Å². The smallest absolute Gasteiger partial charge is 0.334 e. The van der Waals surface area contributed by atoms with Crippen LogP contribution in [-0.2, 0) is 9.53 Å². The topological polar surface area (TPSA) is 26.3 Å². The first-order valence-electron chi connectivity index (χ1n) is 5.57. The summed E-state index contributed by atoms with van der Waals surface area (Å²) in [4.78, 5) is 11.6. The van der Waals surface area contributed by atoms with Gasteiger partial charge in [-0.3, -0.25) is 0 Å². The Morgan fingerprint density at radius 1 is 1.31 bits per heavy atom. The summed E-state index contributed by atoms with van der Waals surface area (Å²) in [6, 6.07) is 8.37. The van der Waals surface area contributed by atoms with E-state index in [2.05, 4.69) is 31.2 Å². The molecule has 2 nitrogen and oxygen atoms in total. The van der Waals surface area contributed by atoms with E-state index < -0.39 is 0 Å². The summed E-state index contributed by atoms with van der Waals surface area (Å²) in [5.41, 5.74) is 3.26. The second kappa shape index (κ2) is 4.52. The van der Waals surface area contributed by atoms with Gasteiger partial charge in [-0.05, 0) is 25.3 Å². The van der Waals surface area contributed by atoms with Gasteiger partial charge in [0.25, 0.3) is 0 Å². The number of methoxy groups -OCH3 is 1. The molecule has 0 amide bonds. The number of aryl methyl sites for hydroxylation is 1. The third-order valence-electron chi connectivity index (χ3n) is 3.10. The van der Waals surface area contributed by atoms with Gasteiger partial charge in [0.2, 0.25) is 0 Å². The Labute approximate surface area is 95.9 Å². The zero-order valence-electron chi connectivity index (χ0n) is 9.69. The Morgan fingerprint density at radius 3 is 2.62 bits per heavy atom. The Kier molecular flexibility index (Phi) is 3.09. The van der Waals surface area contributed by atoms with Gasteiger partial charge in [0.05, 0.1) is 7.11 Å². The molecule has 0 spiro atoms. The van der Waals surface area contributed by atoms with E-state index in [0.29, 0.717) is 0 Å². The van der Waals surface area contributed by atoms with Crippen molar-refractivity contribution in [1.29, 1.82) is 0 Å². The van der Waals surface area contributed by atoms with Crippen LogP contribution in [0, 0.1) is 6.92 Å². The fourth-order valence-electron chi connectivity index (χ4n) is 2.19. The first-order chi connectivity index (χ1) is 7.72. The van der Waals surface area contributed by atoms with E-state index in [1.165, 1.54) is 18.2 Å². The minimum absolute atomic E-state index is 0.192. The Bertz CT molecular complexity index is 415. The summed E-state index contributed by atoms with van der Waals surface area (Å²) in [5, 5.41) is 0. The van der Waals surface area contributed by atoms with E-state index in [9.17, 15) is 4.79 Å². The number of rotatable bonds is 2. The fraction of sp³-hybridized carbons (Fsp3) is 0.357. The minimum Gasteiger partial charge on any atom is -0.466 e. The van der Waals surface area contributed by atoms with Crippen LogP contribution < -0.4 is 0 Å². The van der Waals surface area contributed by atoms with Gasteiger partial charge >= 0.3 is 5.97 Å². The summed E-state index contributed by atoms with van der Waals surface area (Å²) < 4.78 is 4.80. The summed E-state index contributed by atoms with van der Waals surface area (Å²) in [7, 11) is 1.44. The van der Waals surface area contributed by atoms with Crippen LogP contribution in [0.3, 0.4) is 0 Å². The lowest BCUT2D eigenvalue weighted by Gasteiger charge is -2.13. The van der Waals surface area contributed by atoms with Gasteiger partial charge < -0.3 is 4.74 Å². The standard InChI is InChI=1S/C14H16O2/c1-10-6-8-11(9-7-10)12-4-3-5-13(12)14(15)16-2/h5-9,12H,3-4H2,1-2H3. The highest BCUT2D eigenvalue weighted by molar-refractivity contribution is 5.90. The van der Waals surface area contributed by atoms with Gasteiger partial charge in [0.1, 0.15) is 0 Å². The third-order valence-corrected chi connectivity index (χ3v) is 3.10. The maximum absolute atomic E-state index is 11.6. The van der Waals surface area contributed by atoms with Crippen LogP contribution in [0.2, 0.25) is 0 Å². The lowest BCUT2D eigenvalue weighted by atomic mass is 9.92. The van der Waals surface area contributed by atoms with Gasteiger partial charge in [0, 0.05) is 11.5 Å². The van der Waals surface area contributed by atoms with Crippen molar-refractivity contribution in [1.82, 2.24) is 0 Å². The van der Waals surface area contributed by atoms with E-state index >= 15 is 0 Å². The molecule has 1 atom stereocenters. The number of carbonyl (C=O) groups excluding carboxylic acids is 1. The molecule has 0 fully saturated rings. The van der Waals surface area contributed by atoms with Crippen molar-refractivity contribution < 1.29 is 9.53 Å². The van der Waals surface area contributed by atoms with Crippen molar-refractivity contribution in [2.45, 2.75) is 25.7 Å². The molecule has 2 rings (SSSR count). The van der Waals surface area contributed by atoms with E-state index in [1.54, 1.807) is 0 Å². The number of esters is 1. The van der Waals surface area contributed by atoms with Gasteiger partial charge in [-0.2, -0.15) is 0 Å². The molecule has 84 valence electrons. The monoisotopic (exact) mass is 216 g/mol. The molecule has 1 aliphatic carbocycles. The molecule has 0 aromatic heterocycles. The van der Waals surface area contributed by atoms with E-state index in [4.69, 9.17) is 4.74 Å². The number of ether oxygens (including phenoxy) is 1. The molecule has 2 heteroatoms. The summed E-state index contributed by atoms with van der Waals surface area (Å²) in [5.74, 6) is 0.0242. The van der Waals surface area contributed by atoms with E-state index in [-0.39, 0.29) is 11.9 Å². The van der Waals surface area contributed by atoms with Gasteiger partial charge in [-0.15, -0.1) is 0 Å². The van der Waals surface area contributed by atoms with Crippen molar-refractivity contribution in [2.24, 2.45) is 0 Å². The quantitative estimate of drug-likeness (QED) is 0.710. The van der Waals surface area contributed by atoms with Crippen LogP contribution in [0.5, 0.6) is 0 Å². The highest BCUT2D eigenvalue weighted by Crippen LogP contribution is 2.35. The van der Waals surface area contributed by atoms with Crippen molar-refractivity contribution in [3.8, 4) is 0 Å². The number of carbonyl (C=O) groups is 1. The largest absolute Gasteiger partial charge is 0.466 e. The van der Waals surface area contributed by atoms with E-state index in [0.717, 1.165) is 18.4 Å². The first kappa shape index (κ1) is 10.9. The highest BCUT2D eigenvalue weighted by atomic mass is 16.5. The highest BCUT2D eigenvalue weighted by Gasteiger charge is 2.26. The Hall–Kier alpha value is -1.57. The summed E-state index contributed by atoms with van der Waals surface area (Å²) in [6.07, 6.45) is 3.97. The molecule has 0 N–H and O–H groups in total. The normalized spacial score (nSPS) is 19.4. The molecular formula is C14H16O2. The Morgan fingerprint density at radius 2 is 2.00 bits per heavy atom. The predicted molar refractivity (Wildman–Crippen MR) is 63.3 cm³/mol. The zero-order chi connectivity index (χ0) is 11.5. The number of hydrogen-bond donors (Lipinski definition) is 0. The van der Waals surface area contributed by atoms with Crippen molar-refractivity contribution in [3.63, 3.8) is 0 Å². The van der Waals surface area contributed by atoms with E-state index in [1.807, 2.05) is 6.08 Å². The maximum atomic E-state index is 11.6. The third kappa shape index (κ3) is 2.01.